The van der Waals surface area contributed by atoms with E-state index in [1.165, 1.54) is 0 Å². The molecule has 1 atom stereocenters. The fourth-order valence-corrected chi connectivity index (χ4v) is 5.82. The van der Waals surface area contributed by atoms with Crippen LogP contribution in [-0.2, 0) is 35.5 Å². The fraction of sp³-hybridized carbons (Fsp3) is 0.667. The maximum atomic E-state index is 13.6. The summed E-state index contributed by atoms with van der Waals surface area (Å²) in [5.41, 5.74) is -1.27. The summed E-state index contributed by atoms with van der Waals surface area (Å²) in [4.78, 5) is 63.5. The highest BCUT2D eigenvalue weighted by atomic mass is 32.5. The van der Waals surface area contributed by atoms with Crippen LogP contribution in [0.2, 0.25) is 0 Å². The van der Waals surface area contributed by atoms with Crippen molar-refractivity contribution in [3.63, 3.8) is 0 Å². The number of amides is 3. The summed E-state index contributed by atoms with van der Waals surface area (Å²) >= 11 is 5.16. The molecule has 0 aromatic heterocycles. The standard InChI is InChI=1S/C30H44N3O6PS/c1-6-9-10-25(34)15-18-30(19-16-27(35)31-21-7-2,20-17-28(36)32-22-8-3)33-29(37)24-11-13-26(14-12-24)39-40(38,41)23(4)5/h1-3,23-24,26H,9-22H2,4-5H3,(H,31,35)(H,32,36)(H,33,37)(H,38,41)/p-1. The summed E-state index contributed by atoms with van der Waals surface area (Å²) in [6.45, 7) is 0.514. The second-order valence-corrected chi connectivity index (χ2v) is 14.5. The largest absolute Gasteiger partial charge is 0.800 e. The Bertz CT molecular complexity index is 996. The molecule has 0 heterocycles. The normalized spacial score (nSPS) is 18.2. The first kappa shape index (κ1) is 36.4. The third kappa shape index (κ3) is 14.2. The monoisotopic (exact) mass is 604 g/mol. The van der Waals surface area contributed by atoms with Crippen LogP contribution in [0.15, 0.2) is 0 Å². The van der Waals surface area contributed by atoms with E-state index in [1.807, 2.05) is 0 Å². The minimum Gasteiger partial charge on any atom is -0.800 e. The summed E-state index contributed by atoms with van der Waals surface area (Å²) < 4.78 is 5.73. The second-order valence-electron chi connectivity index (χ2n) is 10.7. The summed E-state index contributed by atoms with van der Waals surface area (Å²) in [5.74, 6) is 5.92. The van der Waals surface area contributed by atoms with Gasteiger partial charge in [0.2, 0.25) is 17.7 Å². The van der Waals surface area contributed by atoms with Crippen molar-refractivity contribution in [2.75, 3.05) is 13.1 Å². The maximum absolute atomic E-state index is 13.6. The van der Waals surface area contributed by atoms with Gasteiger partial charge in [-0.15, -0.1) is 25.2 Å². The molecule has 0 spiro atoms. The van der Waals surface area contributed by atoms with E-state index >= 15 is 0 Å². The molecule has 1 aliphatic carbocycles. The highest BCUT2D eigenvalue weighted by Gasteiger charge is 2.37. The van der Waals surface area contributed by atoms with Crippen molar-refractivity contribution in [2.45, 2.75) is 108 Å². The number of ketones is 1. The highest BCUT2D eigenvalue weighted by Crippen LogP contribution is 2.46. The van der Waals surface area contributed by atoms with Crippen LogP contribution < -0.4 is 20.8 Å². The van der Waals surface area contributed by atoms with E-state index in [1.54, 1.807) is 13.8 Å². The fourth-order valence-electron chi connectivity index (χ4n) is 4.58. The topological polar surface area (TPSA) is 137 Å². The van der Waals surface area contributed by atoms with Crippen LogP contribution >= 0.6 is 6.49 Å². The zero-order valence-electron chi connectivity index (χ0n) is 24.2. The average molecular weight is 605 g/mol. The third-order valence-electron chi connectivity index (χ3n) is 7.23. The van der Waals surface area contributed by atoms with Gasteiger partial charge in [-0.3, -0.25) is 19.2 Å². The molecule has 9 nitrogen and oxygen atoms in total. The quantitative estimate of drug-likeness (QED) is 0.161. The zero-order chi connectivity index (χ0) is 30.9. The molecule has 1 aliphatic rings. The average Bonchev–Trinajstić information content (AvgIpc) is 2.94. The number of terminal acetylenes is 3. The predicted octanol–water partition coefficient (Wildman–Crippen LogP) is 2.32. The molecule has 1 saturated carbocycles. The van der Waals surface area contributed by atoms with Crippen LogP contribution in [0.1, 0.15) is 90.9 Å². The van der Waals surface area contributed by atoms with Crippen molar-refractivity contribution in [3.8, 4) is 37.0 Å². The summed E-state index contributed by atoms with van der Waals surface area (Å²) in [6, 6.07) is 0. The number of Topliss-reactive ketones (excluding diaryl/α,β-unsaturated/α-hetero) is 1. The van der Waals surface area contributed by atoms with Gasteiger partial charge in [0.15, 0.2) is 0 Å². The first-order valence-electron chi connectivity index (χ1n) is 14.0. The molecule has 0 saturated heterocycles. The van der Waals surface area contributed by atoms with Gasteiger partial charge in [0, 0.05) is 43.6 Å². The first-order valence-corrected chi connectivity index (χ1v) is 16.8. The molecule has 1 unspecified atom stereocenters. The van der Waals surface area contributed by atoms with Crippen molar-refractivity contribution in [1.82, 2.24) is 16.0 Å². The molecule has 0 aromatic rings. The van der Waals surface area contributed by atoms with E-state index in [-0.39, 0.29) is 99.2 Å². The van der Waals surface area contributed by atoms with E-state index in [0.717, 1.165) is 0 Å². The van der Waals surface area contributed by atoms with Crippen LogP contribution in [0.25, 0.3) is 0 Å². The van der Waals surface area contributed by atoms with Crippen molar-refractivity contribution in [2.24, 2.45) is 5.92 Å². The highest BCUT2D eigenvalue weighted by molar-refractivity contribution is 8.09. The maximum Gasteiger partial charge on any atom is 0.223 e. The van der Waals surface area contributed by atoms with Crippen LogP contribution in [0.5, 0.6) is 0 Å². The summed E-state index contributed by atoms with van der Waals surface area (Å²) in [7, 11) is 0. The van der Waals surface area contributed by atoms with Crippen molar-refractivity contribution in [3.05, 3.63) is 0 Å². The van der Waals surface area contributed by atoms with Crippen LogP contribution in [0, 0.1) is 42.9 Å². The second kappa shape index (κ2) is 18.7. The Balaban J connectivity index is 3.09. The van der Waals surface area contributed by atoms with Gasteiger partial charge in [0.05, 0.1) is 19.2 Å². The molecule has 226 valence electrons. The van der Waals surface area contributed by atoms with Gasteiger partial charge in [0.25, 0.3) is 0 Å². The van der Waals surface area contributed by atoms with Gasteiger partial charge in [-0.2, -0.15) is 0 Å². The number of hydrogen-bond acceptors (Lipinski definition) is 7. The van der Waals surface area contributed by atoms with E-state index in [2.05, 4.69) is 33.7 Å². The van der Waals surface area contributed by atoms with Crippen molar-refractivity contribution < 1.29 is 28.6 Å². The van der Waals surface area contributed by atoms with E-state index in [4.69, 9.17) is 35.6 Å². The molecule has 0 aliphatic heterocycles. The minimum atomic E-state index is -3.15. The molecule has 11 heteroatoms. The molecule has 41 heavy (non-hydrogen) atoms. The molecule has 3 N–H and O–H groups in total. The first-order chi connectivity index (χ1) is 19.4. The molecular weight excluding hydrogens is 561 g/mol. The smallest absolute Gasteiger partial charge is 0.223 e. The lowest BCUT2D eigenvalue weighted by atomic mass is 9.80. The van der Waals surface area contributed by atoms with Gasteiger partial charge in [-0.25, -0.2) is 0 Å². The molecule has 1 fully saturated rings. The van der Waals surface area contributed by atoms with Crippen LogP contribution in [0.4, 0.5) is 0 Å². The number of hydrogen-bond donors (Lipinski definition) is 3. The molecule has 0 radical (unpaired) electrons. The lowest BCUT2D eigenvalue weighted by Gasteiger charge is -2.40. The lowest BCUT2D eigenvalue weighted by Crippen LogP contribution is -2.52. The Morgan fingerprint density at radius 3 is 1.88 bits per heavy atom. The number of carbonyl (C=O) groups is 4. The number of nitrogens with one attached hydrogen (secondary N) is 3. The van der Waals surface area contributed by atoms with Crippen LogP contribution in [-0.4, -0.2) is 53.9 Å². The van der Waals surface area contributed by atoms with Crippen molar-refractivity contribution >= 4 is 41.8 Å². The molecule has 1 rings (SSSR count). The number of carbonyl (C=O) groups excluding carboxylic acids is 4. The lowest BCUT2D eigenvalue weighted by molar-refractivity contribution is -0.189. The molecule has 3 amide bonds. The van der Waals surface area contributed by atoms with Crippen LogP contribution in [0.3, 0.4) is 0 Å². The summed E-state index contributed by atoms with van der Waals surface area (Å²) in [6.07, 6.45) is 19.0. The Morgan fingerprint density at radius 1 is 0.902 bits per heavy atom. The molecule has 0 aromatic carbocycles. The third-order valence-corrected chi connectivity index (χ3v) is 10.6. The summed E-state index contributed by atoms with van der Waals surface area (Å²) in [5, 5.41) is 8.36. The Morgan fingerprint density at radius 2 is 1.41 bits per heavy atom. The van der Waals surface area contributed by atoms with E-state index in [0.29, 0.717) is 32.1 Å². The van der Waals surface area contributed by atoms with Crippen molar-refractivity contribution in [1.29, 1.82) is 0 Å². The zero-order valence-corrected chi connectivity index (χ0v) is 25.9. The number of rotatable bonds is 18. The Hall–Kier alpha value is -2.67. The Labute approximate surface area is 250 Å². The van der Waals surface area contributed by atoms with E-state index < -0.39 is 12.0 Å². The molecular formula is C30H43N3O6PS-. The van der Waals surface area contributed by atoms with Gasteiger partial charge < -0.3 is 25.4 Å². The minimum absolute atomic E-state index is 0.0381. The van der Waals surface area contributed by atoms with Gasteiger partial charge in [0.1, 0.15) is 5.78 Å². The van der Waals surface area contributed by atoms with Gasteiger partial charge >= 0.3 is 0 Å². The van der Waals surface area contributed by atoms with E-state index in [9.17, 15) is 24.1 Å². The van der Waals surface area contributed by atoms with Gasteiger partial charge in [-0.1, -0.05) is 37.5 Å². The van der Waals surface area contributed by atoms with Gasteiger partial charge in [-0.05, 0) is 57.1 Å². The SMILES string of the molecule is C#CCCC(=O)CCC(CCC(=O)NCC#C)(CCC(=O)NCC#C)NC(=O)C1CCC(OP([O-])(=S)C(C)C)CC1. The predicted molar refractivity (Wildman–Crippen MR) is 162 cm³/mol. The molecule has 0 bridgehead atoms. The Kier molecular flexibility index (Phi) is 16.6.